The number of furan rings is 1. The molecule has 65 heavy (non-hydrogen) atoms. The molecule has 0 aliphatic rings. The monoisotopic (exact) mass is 1050 g/mol. The molecule has 5 aromatic carbocycles. The van der Waals surface area contributed by atoms with Crippen LogP contribution >= 0.6 is 0 Å². The maximum absolute atomic E-state index is 6.55. The number of fused-ring (bicyclic) bond motifs is 4. The second-order valence-electron chi connectivity index (χ2n) is 20.3. The Balaban J connectivity index is 0.000000253. The van der Waals surface area contributed by atoms with Gasteiger partial charge in [-0.2, -0.15) is 0 Å². The molecule has 0 amide bonds. The Morgan fingerprint density at radius 2 is 1.38 bits per heavy atom. The van der Waals surface area contributed by atoms with Crippen molar-refractivity contribution in [1.29, 1.82) is 0 Å². The van der Waals surface area contributed by atoms with E-state index in [1.54, 1.807) is 0 Å². The van der Waals surface area contributed by atoms with Crippen LogP contribution in [0.1, 0.15) is 96.4 Å². The maximum atomic E-state index is 6.55. The minimum Gasteiger partial charge on any atom is -0.501 e. The van der Waals surface area contributed by atoms with Gasteiger partial charge < -0.3 is 14.0 Å². The van der Waals surface area contributed by atoms with Crippen molar-refractivity contribution in [2.75, 3.05) is 0 Å². The van der Waals surface area contributed by atoms with Crippen LogP contribution < -0.4 is 5.19 Å². The molecule has 4 heterocycles. The Morgan fingerprint density at radius 1 is 0.708 bits per heavy atom. The molecule has 7 heteroatoms. The molecule has 0 fully saturated rings. The predicted octanol–water partition coefficient (Wildman–Crippen LogP) is 15.3. The molecule has 1 radical (unpaired) electrons. The number of rotatable bonds is 9. The van der Waals surface area contributed by atoms with Gasteiger partial charge in [0.25, 0.3) is 0 Å². The van der Waals surface area contributed by atoms with E-state index in [0.29, 0.717) is 5.92 Å². The SMILES string of the molecule is CC(C)Cc1cc(-c2[c-]cccc2)ncc1[Si](C)(C)C.CC(C)c1cc(-c2ccccc2)cc(C(C)C)c1-n1c(-c2[c-]ccc3c2oc2ccccc23)nc2c(C(C)(C)C)cncc21.[Ir]. The van der Waals surface area contributed by atoms with E-state index in [1.807, 2.05) is 48.8 Å². The van der Waals surface area contributed by atoms with Gasteiger partial charge in [-0.1, -0.05) is 153 Å². The molecule has 0 atom stereocenters. The molecule has 4 aromatic heterocycles. The molecule has 9 aromatic rings. The molecule has 335 valence electrons. The summed E-state index contributed by atoms with van der Waals surface area (Å²) in [7, 11) is -1.34. The van der Waals surface area contributed by atoms with Gasteiger partial charge in [-0.3, -0.25) is 9.97 Å². The number of benzene rings is 5. The van der Waals surface area contributed by atoms with E-state index in [2.05, 4.69) is 183 Å². The van der Waals surface area contributed by atoms with Gasteiger partial charge in [0.15, 0.2) is 0 Å². The third kappa shape index (κ3) is 9.75. The van der Waals surface area contributed by atoms with Crippen molar-refractivity contribution in [2.24, 2.45) is 5.92 Å². The molecule has 0 saturated carbocycles. The number of imidazole rings is 1. The Hall–Kier alpha value is -5.46. The van der Waals surface area contributed by atoms with Crippen LogP contribution in [0.3, 0.4) is 0 Å². The van der Waals surface area contributed by atoms with Crippen molar-refractivity contribution in [3.8, 4) is 39.5 Å². The summed E-state index contributed by atoms with van der Waals surface area (Å²) in [5.74, 6) is 2.02. The number of hydrogen-bond acceptors (Lipinski definition) is 4. The molecule has 9 rings (SSSR count). The van der Waals surface area contributed by atoms with Crippen molar-refractivity contribution in [3.05, 3.63) is 162 Å². The summed E-state index contributed by atoms with van der Waals surface area (Å²) in [4.78, 5) is 14.9. The molecular weight excluding hydrogens is 989 g/mol. The maximum Gasteiger partial charge on any atom is 0.120 e. The first-order chi connectivity index (χ1) is 30.5. The van der Waals surface area contributed by atoms with E-state index >= 15 is 0 Å². The zero-order valence-corrected chi connectivity index (χ0v) is 43.5. The molecular formula is C58H62IrN4OSi-2. The van der Waals surface area contributed by atoms with Crippen molar-refractivity contribution in [3.63, 3.8) is 0 Å². The van der Waals surface area contributed by atoms with Crippen LogP contribution in [0.4, 0.5) is 0 Å². The smallest absolute Gasteiger partial charge is 0.120 e. The fourth-order valence-corrected chi connectivity index (χ4v) is 10.5. The number of nitrogens with zero attached hydrogens (tertiary/aromatic N) is 4. The topological polar surface area (TPSA) is 56.7 Å². The fraction of sp³-hybridized carbons (Fsp3) is 0.293. The number of para-hydroxylation sites is 1. The first-order valence-corrected chi connectivity index (χ1v) is 26.4. The van der Waals surface area contributed by atoms with Gasteiger partial charge in [0.2, 0.25) is 0 Å². The normalized spacial score (nSPS) is 12.0. The quantitative estimate of drug-likeness (QED) is 0.107. The van der Waals surface area contributed by atoms with E-state index in [1.165, 1.54) is 38.7 Å². The summed E-state index contributed by atoms with van der Waals surface area (Å²) in [5, 5.41) is 3.65. The summed E-state index contributed by atoms with van der Waals surface area (Å²) < 4.78 is 8.90. The molecule has 0 bridgehead atoms. The Morgan fingerprint density at radius 3 is 2.02 bits per heavy atom. The molecule has 0 aliphatic carbocycles. The minimum atomic E-state index is -1.34. The molecule has 0 saturated heterocycles. The molecule has 0 spiro atoms. The zero-order valence-electron chi connectivity index (χ0n) is 40.1. The first kappa shape index (κ1) is 47.5. The van der Waals surface area contributed by atoms with Crippen LogP contribution in [0.5, 0.6) is 0 Å². The van der Waals surface area contributed by atoms with E-state index in [-0.39, 0.29) is 37.4 Å². The molecule has 0 aliphatic heterocycles. The van der Waals surface area contributed by atoms with Crippen molar-refractivity contribution < 1.29 is 24.5 Å². The molecule has 0 unspecified atom stereocenters. The predicted molar refractivity (Wildman–Crippen MR) is 273 cm³/mol. The van der Waals surface area contributed by atoms with Crippen LogP contribution in [-0.2, 0) is 31.9 Å². The van der Waals surface area contributed by atoms with Crippen molar-refractivity contribution >= 4 is 46.2 Å². The standard InChI is InChI=1S/C40H38N3O.C18H24NSi.Ir/c1-24(2)31-20-27(26-14-9-8-10-15-26)21-32(25(3)4)37(31)43-34-23-41-22-33(40(5,6)7)36(34)42-39(43)30-18-13-17-29-28-16-11-12-19-35(28)44-38(29)30;1-14(2)11-16-12-17(15-9-7-6-8-10-15)19-13-18(16)20(3,4)5;/h8-17,19-25H,1-7H3;6-9,12-14H,11H2,1-5H3;/q2*-1;. The first-order valence-electron chi connectivity index (χ1n) is 22.9. The Kier molecular flexibility index (Phi) is 14.0. The van der Waals surface area contributed by atoms with Gasteiger partial charge >= 0.3 is 0 Å². The average Bonchev–Trinajstić information content (AvgIpc) is 3.84. The Bertz CT molecular complexity index is 3050. The van der Waals surface area contributed by atoms with Crippen LogP contribution in [0.15, 0.2) is 132 Å². The molecule has 0 N–H and O–H groups in total. The fourth-order valence-electron chi connectivity index (χ4n) is 8.89. The van der Waals surface area contributed by atoms with Crippen LogP contribution in [0.25, 0.3) is 72.4 Å². The Labute approximate surface area is 401 Å². The van der Waals surface area contributed by atoms with Gasteiger partial charge in [-0.25, -0.2) is 0 Å². The number of aromatic nitrogens is 4. The average molecular weight is 1050 g/mol. The van der Waals surface area contributed by atoms with Crippen molar-refractivity contribution in [1.82, 2.24) is 19.5 Å². The van der Waals surface area contributed by atoms with Crippen LogP contribution in [0.2, 0.25) is 19.6 Å². The second-order valence-corrected chi connectivity index (χ2v) is 25.3. The van der Waals surface area contributed by atoms with Gasteiger partial charge in [0.05, 0.1) is 36.7 Å². The van der Waals surface area contributed by atoms with E-state index in [0.717, 1.165) is 67.6 Å². The zero-order chi connectivity index (χ0) is 45.5. The summed E-state index contributed by atoms with van der Waals surface area (Å²) in [6, 6.07) is 44.9. The third-order valence-electron chi connectivity index (χ3n) is 12.1. The second kappa shape index (κ2) is 19.2. The van der Waals surface area contributed by atoms with Crippen LogP contribution in [0, 0.1) is 18.1 Å². The van der Waals surface area contributed by atoms with E-state index in [9.17, 15) is 0 Å². The van der Waals surface area contributed by atoms with Crippen LogP contribution in [-0.4, -0.2) is 27.6 Å². The number of pyridine rings is 2. The summed E-state index contributed by atoms with van der Waals surface area (Å²) in [6.45, 7) is 27.5. The van der Waals surface area contributed by atoms with Gasteiger partial charge in [0, 0.05) is 49.1 Å². The van der Waals surface area contributed by atoms with Gasteiger partial charge in [-0.05, 0) is 80.9 Å². The minimum absolute atomic E-state index is 0. The summed E-state index contributed by atoms with van der Waals surface area (Å²) in [5.41, 5.74) is 15.2. The van der Waals surface area contributed by atoms with Crippen molar-refractivity contribution in [2.45, 2.75) is 106 Å². The van der Waals surface area contributed by atoms with E-state index in [4.69, 9.17) is 14.4 Å². The van der Waals surface area contributed by atoms with Gasteiger partial charge in [-0.15, -0.1) is 54.1 Å². The molecule has 5 nitrogen and oxygen atoms in total. The largest absolute Gasteiger partial charge is 0.501 e. The summed E-state index contributed by atoms with van der Waals surface area (Å²) >= 11 is 0. The number of hydrogen-bond donors (Lipinski definition) is 0. The third-order valence-corrected chi connectivity index (χ3v) is 14.2. The summed E-state index contributed by atoms with van der Waals surface area (Å²) in [6.07, 6.45) is 7.18. The van der Waals surface area contributed by atoms with E-state index < -0.39 is 8.07 Å². The van der Waals surface area contributed by atoms with Gasteiger partial charge in [0.1, 0.15) is 5.58 Å².